The summed E-state index contributed by atoms with van der Waals surface area (Å²) in [5.74, 6) is -0.665. The van der Waals surface area contributed by atoms with E-state index < -0.39 is 5.97 Å². The molecule has 1 heterocycles. The zero-order valence-electron chi connectivity index (χ0n) is 13.3. The molecule has 0 fully saturated rings. The number of carbonyl (C=O) groups is 1. The van der Waals surface area contributed by atoms with Crippen molar-refractivity contribution in [3.63, 3.8) is 0 Å². The summed E-state index contributed by atoms with van der Waals surface area (Å²) >= 11 is 0. The Balaban J connectivity index is 2.76. The van der Waals surface area contributed by atoms with Gasteiger partial charge >= 0.3 is 5.97 Å². The summed E-state index contributed by atoms with van der Waals surface area (Å²) < 4.78 is 0. The van der Waals surface area contributed by atoms with Gasteiger partial charge in [-0.15, -0.1) is 0 Å². The molecule has 0 saturated heterocycles. The fraction of sp³-hybridized carbons (Fsp3) is 0.706. The minimum Gasteiger partial charge on any atom is -0.477 e. The van der Waals surface area contributed by atoms with Crippen molar-refractivity contribution in [2.45, 2.75) is 77.6 Å². The Labute approximate surface area is 128 Å². The van der Waals surface area contributed by atoms with E-state index in [0.29, 0.717) is 0 Å². The van der Waals surface area contributed by atoms with Gasteiger partial charge in [0.2, 0.25) is 0 Å². The summed E-state index contributed by atoms with van der Waals surface area (Å²) in [7, 11) is 0. The number of unbranched alkanes of at least 4 members (excludes halogenated alkanes) is 5. The average Bonchev–Trinajstić information content (AvgIpc) is 2.50. The van der Waals surface area contributed by atoms with Gasteiger partial charge in [0, 0.05) is 11.8 Å². The van der Waals surface area contributed by atoms with Crippen molar-refractivity contribution in [2.75, 3.05) is 0 Å². The maximum atomic E-state index is 11.3. The molecule has 4 nitrogen and oxygen atoms in total. The number of hydrogen-bond acceptors (Lipinski definition) is 3. The van der Waals surface area contributed by atoms with Crippen LogP contribution in [0.15, 0.2) is 12.5 Å². The van der Waals surface area contributed by atoms with Crippen molar-refractivity contribution >= 4 is 5.97 Å². The van der Waals surface area contributed by atoms with Crippen LogP contribution in [-0.4, -0.2) is 21.0 Å². The zero-order chi connectivity index (χ0) is 15.5. The number of nitrogens with zero attached hydrogens (tertiary/aromatic N) is 2. The first kappa shape index (κ1) is 17.6. The van der Waals surface area contributed by atoms with E-state index in [9.17, 15) is 9.90 Å². The molecule has 0 radical (unpaired) electrons. The summed E-state index contributed by atoms with van der Waals surface area (Å²) in [4.78, 5) is 19.4. The van der Waals surface area contributed by atoms with Crippen molar-refractivity contribution in [1.82, 2.24) is 9.97 Å². The maximum absolute atomic E-state index is 11.3. The molecule has 0 spiro atoms. The molecule has 1 rings (SSSR count). The standard InChI is InChI=1S/C17H28N2O2/c1-3-5-7-9-11-14(10-8-6-4-2)15-12-18-13-19-16(15)17(20)21/h12-14H,3-11H2,1-2H3,(H,20,21). The molecule has 1 aromatic heterocycles. The molecule has 0 amide bonds. The summed E-state index contributed by atoms with van der Waals surface area (Å²) in [5.41, 5.74) is 1.000. The lowest BCUT2D eigenvalue weighted by Gasteiger charge is -2.18. The van der Waals surface area contributed by atoms with E-state index in [4.69, 9.17) is 0 Å². The van der Waals surface area contributed by atoms with E-state index in [1.54, 1.807) is 6.20 Å². The highest BCUT2D eigenvalue weighted by Crippen LogP contribution is 2.29. The first-order valence-electron chi connectivity index (χ1n) is 8.23. The van der Waals surface area contributed by atoms with Crippen LogP contribution >= 0.6 is 0 Å². The smallest absolute Gasteiger partial charge is 0.354 e. The lowest BCUT2D eigenvalue weighted by atomic mass is 9.88. The summed E-state index contributed by atoms with van der Waals surface area (Å²) in [6.07, 6.45) is 13.5. The van der Waals surface area contributed by atoms with Gasteiger partial charge in [0.05, 0.1) is 0 Å². The Bertz CT molecular complexity index is 421. The quantitative estimate of drug-likeness (QED) is 0.594. The molecule has 0 aliphatic carbocycles. The van der Waals surface area contributed by atoms with Crippen LogP contribution in [0.2, 0.25) is 0 Å². The predicted octanol–water partition coefficient (Wildman–Crippen LogP) is 4.81. The normalized spacial score (nSPS) is 12.3. The fourth-order valence-electron chi connectivity index (χ4n) is 2.73. The molecule has 0 aliphatic rings. The van der Waals surface area contributed by atoms with Crippen LogP contribution in [0.1, 0.15) is 93.6 Å². The monoisotopic (exact) mass is 292 g/mol. The van der Waals surface area contributed by atoms with Crippen LogP contribution in [0.3, 0.4) is 0 Å². The van der Waals surface area contributed by atoms with Crippen molar-refractivity contribution < 1.29 is 9.90 Å². The highest BCUT2D eigenvalue weighted by atomic mass is 16.4. The van der Waals surface area contributed by atoms with Crippen LogP contribution in [0, 0.1) is 0 Å². The highest BCUT2D eigenvalue weighted by molar-refractivity contribution is 5.87. The van der Waals surface area contributed by atoms with Crippen LogP contribution in [0.5, 0.6) is 0 Å². The zero-order valence-corrected chi connectivity index (χ0v) is 13.3. The fourth-order valence-corrected chi connectivity index (χ4v) is 2.73. The number of carboxylic acids is 1. The average molecular weight is 292 g/mol. The van der Waals surface area contributed by atoms with Gasteiger partial charge in [-0.2, -0.15) is 0 Å². The molecule has 0 saturated carbocycles. The Morgan fingerprint density at radius 3 is 2.33 bits per heavy atom. The summed E-state index contributed by atoms with van der Waals surface area (Å²) in [6, 6.07) is 0. The third-order valence-corrected chi connectivity index (χ3v) is 3.95. The SMILES string of the molecule is CCCCCCC(CCCCC)c1cncnc1C(=O)O. The highest BCUT2D eigenvalue weighted by Gasteiger charge is 2.20. The molecule has 0 aromatic carbocycles. The van der Waals surface area contributed by atoms with Gasteiger partial charge < -0.3 is 5.11 Å². The molecule has 1 atom stereocenters. The van der Waals surface area contributed by atoms with E-state index in [-0.39, 0.29) is 11.6 Å². The van der Waals surface area contributed by atoms with Crippen LogP contribution in [0.25, 0.3) is 0 Å². The second kappa shape index (κ2) is 10.3. The summed E-state index contributed by atoms with van der Waals surface area (Å²) in [6.45, 7) is 4.39. The van der Waals surface area contributed by atoms with Crippen molar-refractivity contribution in [3.05, 3.63) is 23.8 Å². The van der Waals surface area contributed by atoms with E-state index in [1.807, 2.05) is 0 Å². The van der Waals surface area contributed by atoms with Gasteiger partial charge in [-0.25, -0.2) is 14.8 Å². The van der Waals surface area contributed by atoms with Crippen molar-refractivity contribution in [3.8, 4) is 0 Å². The van der Waals surface area contributed by atoms with Crippen LogP contribution in [0.4, 0.5) is 0 Å². The van der Waals surface area contributed by atoms with Gasteiger partial charge in [0.25, 0.3) is 0 Å². The van der Waals surface area contributed by atoms with Crippen LogP contribution in [-0.2, 0) is 0 Å². The molecule has 21 heavy (non-hydrogen) atoms. The Morgan fingerprint density at radius 2 is 1.71 bits per heavy atom. The molecule has 4 heteroatoms. The number of carboxylic acid groups (broad SMARTS) is 1. The molecule has 0 bridgehead atoms. The molecule has 0 aliphatic heterocycles. The maximum Gasteiger partial charge on any atom is 0.354 e. The molecule has 1 N–H and O–H groups in total. The first-order chi connectivity index (χ1) is 10.2. The number of aromatic nitrogens is 2. The third-order valence-electron chi connectivity index (χ3n) is 3.95. The van der Waals surface area contributed by atoms with Crippen molar-refractivity contribution in [1.29, 1.82) is 0 Å². The Kier molecular flexibility index (Phi) is 8.63. The second-order valence-corrected chi connectivity index (χ2v) is 5.67. The molecular weight excluding hydrogens is 264 g/mol. The Morgan fingerprint density at radius 1 is 1.10 bits per heavy atom. The largest absolute Gasteiger partial charge is 0.477 e. The minimum absolute atomic E-state index is 0.182. The second-order valence-electron chi connectivity index (χ2n) is 5.67. The third kappa shape index (κ3) is 6.23. The van der Waals surface area contributed by atoms with Gasteiger partial charge in [-0.1, -0.05) is 58.8 Å². The lowest BCUT2D eigenvalue weighted by Crippen LogP contribution is -2.11. The van der Waals surface area contributed by atoms with E-state index in [0.717, 1.165) is 31.2 Å². The predicted molar refractivity (Wildman–Crippen MR) is 84.6 cm³/mol. The lowest BCUT2D eigenvalue weighted by molar-refractivity contribution is 0.0688. The van der Waals surface area contributed by atoms with Gasteiger partial charge in [-0.05, 0) is 18.8 Å². The molecule has 1 aromatic rings. The van der Waals surface area contributed by atoms with Gasteiger partial charge in [-0.3, -0.25) is 0 Å². The first-order valence-corrected chi connectivity index (χ1v) is 8.23. The van der Waals surface area contributed by atoms with Crippen LogP contribution < -0.4 is 0 Å². The molecule has 118 valence electrons. The molecule has 1 unspecified atom stereocenters. The topological polar surface area (TPSA) is 63.1 Å². The number of aromatic carboxylic acids is 1. The number of rotatable bonds is 11. The van der Waals surface area contributed by atoms with Crippen molar-refractivity contribution in [2.24, 2.45) is 0 Å². The van der Waals surface area contributed by atoms with Gasteiger partial charge in [0.15, 0.2) is 5.69 Å². The van der Waals surface area contributed by atoms with E-state index in [2.05, 4.69) is 23.8 Å². The Hall–Kier alpha value is -1.45. The van der Waals surface area contributed by atoms with Gasteiger partial charge in [0.1, 0.15) is 6.33 Å². The minimum atomic E-state index is -0.943. The number of hydrogen-bond donors (Lipinski definition) is 1. The molecular formula is C17H28N2O2. The van der Waals surface area contributed by atoms with E-state index >= 15 is 0 Å². The summed E-state index contributed by atoms with van der Waals surface area (Å²) in [5, 5.41) is 9.31. The van der Waals surface area contributed by atoms with E-state index in [1.165, 1.54) is 38.4 Å².